The second kappa shape index (κ2) is 9.64. The first kappa shape index (κ1) is 20.9. The third-order valence-electron chi connectivity index (χ3n) is 4.79. The van der Waals surface area contributed by atoms with Crippen LogP contribution in [0.3, 0.4) is 0 Å². The Kier molecular flexibility index (Phi) is 6.72. The first-order chi connectivity index (χ1) is 14.6. The molecule has 2 heterocycles. The summed E-state index contributed by atoms with van der Waals surface area (Å²) in [6.45, 7) is 3.57. The van der Waals surface area contributed by atoms with Crippen molar-refractivity contribution in [3.05, 3.63) is 47.5 Å². The summed E-state index contributed by atoms with van der Waals surface area (Å²) in [6, 6.07) is 12.8. The minimum atomic E-state index is -0.169. The van der Waals surface area contributed by atoms with Crippen LogP contribution in [0.1, 0.15) is 19.8 Å². The molecule has 1 atom stereocenters. The van der Waals surface area contributed by atoms with Crippen molar-refractivity contribution >= 4 is 44.2 Å². The molecule has 0 radical (unpaired) electrons. The molecule has 6 nitrogen and oxygen atoms in total. The van der Waals surface area contributed by atoms with E-state index < -0.39 is 0 Å². The number of aromatic nitrogens is 1. The maximum absolute atomic E-state index is 13.1. The molecule has 1 fully saturated rings. The number of para-hydroxylation sites is 1. The topological polar surface area (TPSA) is 60.9 Å². The summed E-state index contributed by atoms with van der Waals surface area (Å²) >= 11 is 7.38. The van der Waals surface area contributed by atoms with Crippen molar-refractivity contribution in [1.29, 1.82) is 0 Å². The summed E-state index contributed by atoms with van der Waals surface area (Å²) in [7, 11) is 0. The van der Waals surface area contributed by atoms with Gasteiger partial charge in [0.25, 0.3) is 5.91 Å². The molecule has 1 aromatic heterocycles. The van der Waals surface area contributed by atoms with E-state index in [4.69, 9.17) is 30.8 Å². The predicted molar refractivity (Wildman–Crippen MR) is 119 cm³/mol. The quantitative estimate of drug-likeness (QED) is 0.490. The number of carbonyl (C=O) groups is 1. The van der Waals surface area contributed by atoms with E-state index in [0.717, 1.165) is 35.4 Å². The summed E-state index contributed by atoms with van der Waals surface area (Å²) in [5, 5.41) is 1.24. The van der Waals surface area contributed by atoms with Gasteiger partial charge in [-0.3, -0.25) is 9.69 Å². The monoisotopic (exact) mass is 446 g/mol. The van der Waals surface area contributed by atoms with Crippen molar-refractivity contribution in [3.8, 4) is 11.5 Å². The fourth-order valence-electron chi connectivity index (χ4n) is 3.33. The largest absolute Gasteiger partial charge is 0.492 e. The van der Waals surface area contributed by atoms with Crippen molar-refractivity contribution < 1.29 is 19.0 Å². The van der Waals surface area contributed by atoms with Crippen molar-refractivity contribution in [2.45, 2.75) is 25.9 Å². The summed E-state index contributed by atoms with van der Waals surface area (Å²) in [4.78, 5) is 19.5. The van der Waals surface area contributed by atoms with Crippen LogP contribution in [0, 0.1) is 0 Å². The Morgan fingerprint density at radius 3 is 2.83 bits per heavy atom. The van der Waals surface area contributed by atoms with Crippen molar-refractivity contribution in [3.63, 3.8) is 0 Å². The van der Waals surface area contributed by atoms with Crippen LogP contribution in [-0.4, -0.2) is 43.4 Å². The highest BCUT2D eigenvalue weighted by atomic mass is 35.5. The van der Waals surface area contributed by atoms with E-state index in [9.17, 15) is 4.79 Å². The van der Waals surface area contributed by atoms with E-state index in [-0.39, 0.29) is 18.6 Å². The van der Waals surface area contributed by atoms with E-state index in [1.165, 1.54) is 11.3 Å². The zero-order chi connectivity index (χ0) is 20.9. The summed E-state index contributed by atoms with van der Waals surface area (Å²) < 4.78 is 18.1. The van der Waals surface area contributed by atoms with Gasteiger partial charge in [0.15, 0.2) is 11.7 Å². The average Bonchev–Trinajstić information content (AvgIpc) is 3.41. The van der Waals surface area contributed by atoms with Gasteiger partial charge in [0.05, 0.1) is 24.0 Å². The molecule has 1 amide bonds. The van der Waals surface area contributed by atoms with E-state index in [1.54, 1.807) is 29.2 Å². The van der Waals surface area contributed by atoms with Gasteiger partial charge in [-0.05, 0) is 56.2 Å². The molecule has 3 aromatic rings. The zero-order valence-corrected chi connectivity index (χ0v) is 18.2. The summed E-state index contributed by atoms with van der Waals surface area (Å²) in [5.41, 5.74) is 0.767. The number of fused-ring (bicyclic) bond motifs is 1. The normalized spacial score (nSPS) is 16.0. The number of carbonyl (C=O) groups excluding carboxylic acids is 1. The van der Waals surface area contributed by atoms with Crippen LogP contribution >= 0.6 is 22.9 Å². The van der Waals surface area contributed by atoms with E-state index >= 15 is 0 Å². The minimum Gasteiger partial charge on any atom is -0.492 e. The van der Waals surface area contributed by atoms with Crippen molar-refractivity contribution in [2.24, 2.45) is 0 Å². The second-order valence-electron chi connectivity index (χ2n) is 6.91. The van der Waals surface area contributed by atoms with Crippen molar-refractivity contribution in [1.82, 2.24) is 4.98 Å². The average molecular weight is 447 g/mol. The van der Waals surface area contributed by atoms with Gasteiger partial charge >= 0.3 is 0 Å². The van der Waals surface area contributed by atoms with E-state index in [2.05, 4.69) is 0 Å². The SMILES string of the molecule is CCOc1cccc2sc(N(CC3CCCO3)C(=O)COc3ccc(Cl)cc3)nc12. The highest BCUT2D eigenvalue weighted by molar-refractivity contribution is 7.22. The number of hydrogen-bond donors (Lipinski definition) is 0. The Balaban J connectivity index is 1.57. The number of hydrogen-bond acceptors (Lipinski definition) is 6. The first-order valence-electron chi connectivity index (χ1n) is 9.96. The molecule has 2 aromatic carbocycles. The van der Waals surface area contributed by atoms with Gasteiger partial charge in [0, 0.05) is 11.6 Å². The van der Waals surface area contributed by atoms with Gasteiger partial charge in [0.1, 0.15) is 17.0 Å². The lowest BCUT2D eigenvalue weighted by Gasteiger charge is -2.23. The van der Waals surface area contributed by atoms with Crippen LogP contribution in [0.15, 0.2) is 42.5 Å². The first-order valence-corrected chi connectivity index (χ1v) is 11.2. The second-order valence-corrected chi connectivity index (χ2v) is 8.36. The van der Waals surface area contributed by atoms with Crippen LogP contribution in [0.25, 0.3) is 10.2 Å². The van der Waals surface area contributed by atoms with Crippen molar-refractivity contribution in [2.75, 3.05) is 31.3 Å². The standard InChI is InChI=1S/C22H23ClN2O4S/c1-2-27-18-6-3-7-19-21(18)24-22(30-19)25(13-17-5-4-12-28-17)20(26)14-29-16-10-8-15(23)9-11-16/h3,6-11,17H,2,4-5,12-14H2,1H3. The number of nitrogens with zero attached hydrogens (tertiary/aromatic N) is 2. The Bertz CT molecular complexity index is 1000. The number of halogens is 1. The number of rotatable bonds is 8. The number of anilines is 1. The maximum atomic E-state index is 13.1. The fourth-order valence-corrected chi connectivity index (χ4v) is 4.47. The lowest BCUT2D eigenvalue weighted by atomic mass is 10.2. The lowest BCUT2D eigenvalue weighted by Crippen LogP contribution is -2.40. The third-order valence-corrected chi connectivity index (χ3v) is 6.08. The summed E-state index contributed by atoms with van der Waals surface area (Å²) in [5.74, 6) is 1.14. The van der Waals surface area contributed by atoms with E-state index in [1.807, 2.05) is 25.1 Å². The molecule has 0 bridgehead atoms. The molecule has 158 valence electrons. The predicted octanol–water partition coefficient (Wildman–Crippen LogP) is 4.94. The fraction of sp³-hybridized carbons (Fsp3) is 0.364. The molecule has 1 unspecified atom stereocenters. The van der Waals surface area contributed by atoms with Crippen LogP contribution in [0.2, 0.25) is 5.02 Å². The Morgan fingerprint density at radius 2 is 2.10 bits per heavy atom. The smallest absolute Gasteiger partial charge is 0.266 e. The maximum Gasteiger partial charge on any atom is 0.266 e. The van der Waals surface area contributed by atoms with Gasteiger partial charge in [-0.1, -0.05) is 29.0 Å². The molecule has 1 aliphatic heterocycles. The molecule has 1 aliphatic rings. The Morgan fingerprint density at radius 1 is 1.27 bits per heavy atom. The van der Waals surface area contributed by atoms with E-state index in [0.29, 0.717) is 29.1 Å². The van der Waals surface area contributed by atoms with Gasteiger partial charge in [-0.25, -0.2) is 4.98 Å². The molecule has 0 N–H and O–H groups in total. The molecule has 8 heteroatoms. The zero-order valence-electron chi connectivity index (χ0n) is 16.7. The molecule has 1 saturated heterocycles. The lowest BCUT2D eigenvalue weighted by molar-refractivity contribution is -0.120. The van der Waals surface area contributed by atoms with Gasteiger partial charge in [-0.2, -0.15) is 0 Å². The van der Waals surface area contributed by atoms with Crippen LogP contribution < -0.4 is 14.4 Å². The minimum absolute atomic E-state index is 0.00264. The molecule has 0 spiro atoms. The number of amides is 1. The molecular formula is C22H23ClN2O4S. The van der Waals surface area contributed by atoms with Crippen LogP contribution in [0.5, 0.6) is 11.5 Å². The Hall–Kier alpha value is -2.35. The van der Waals surface area contributed by atoms with Gasteiger partial charge < -0.3 is 14.2 Å². The highest BCUT2D eigenvalue weighted by Gasteiger charge is 2.27. The molecule has 30 heavy (non-hydrogen) atoms. The molecule has 4 rings (SSSR count). The highest BCUT2D eigenvalue weighted by Crippen LogP contribution is 2.35. The van der Waals surface area contributed by atoms with Crippen LogP contribution in [0.4, 0.5) is 5.13 Å². The molecular weight excluding hydrogens is 424 g/mol. The number of thiazole rings is 1. The summed E-state index contributed by atoms with van der Waals surface area (Å²) in [6.07, 6.45) is 1.93. The molecule has 0 aliphatic carbocycles. The molecule has 0 saturated carbocycles. The third kappa shape index (κ3) is 4.86. The van der Waals surface area contributed by atoms with Gasteiger partial charge in [-0.15, -0.1) is 0 Å². The van der Waals surface area contributed by atoms with Gasteiger partial charge in [0.2, 0.25) is 0 Å². The Labute approximate surface area is 184 Å². The number of ether oxygens (including phenoxy) is 3. The van der Waals surface area contributed by atoms with Crippen LogP contribution in [-0.2, 0) is 9.53 Å². The number of benzene rings is 2.